The highest BCUT2D eigenvalue weighted by Crippen LogP contribution is 2.31. The highest BCUT2D eigenvalue weighted by atomic mass is 16.2. The van der Waals surface area contributed by atoms with Crippen LogP contribution >= 0.6 is 0 Å². The van der Waals surface area contributed by atoms with Crippen molar-refractivity contribution in [3.63, 3.8) is 0 Å². The molecule has 0 spiro atoms. The summed E-state index contributed by atoms with van der Waals surface area (Å²) in [4.78, 5) is 19.8. The van der Waals surface area contributed by atoms with Gasteiger partial charge in [-0.15, -0.1) is 10.2 Å². The van der Waals surface area contributed by atoms with Gasteiger partial charge in [-0.1, -0.05) is 68.3 Å². The Morgan fingerprint density at radius 3 is 2.59 bits per heavy atom. The van der Waals surface area contributed by atoms with E-state index >= 15 is 0 Å². The van der Waals surface area contributed by atoms with Crippen molar-refractivity contribution in [2.24, 2.45) is 0 Å². The summed E-state index contributed by atoms with van der Waals surface area (Å²) in [5, 5.41) is 14.6. The van der Waals surface area contributed by atoms with Crippen LogP contribution < -0.4 is 4.90 Å². The molecule has 3 aromatic carbocycles. The maximum atomic E-state index is 12.8. The molecule has 0 bridgehead atoms. The summed E-state index contributed by atoms with van der Waals surface area (Å²) in [6.45, 7) is 3.72. The molecule has 5 aromatic rings. The third kappa shape index (κ3) is 5.19. The van der Waals surface area contributed by atoms with E-state index in [0.29, 0.717) is 12.2 Å². The molecule has 6 rings (SSSR count). The molecule has 0 unspecified atom stereocenters. The zero-order chi connectivity index (χ0) is 26.6. The highest BCUT2D eigenvalue weighted by Gasteiger charge is 2.20. The van der Waals surface area contributed by atoms with Crippen LogP contribution in [0.25, 0.3) is 33.5 Å². The molecular formula is C31H33N7O. The van der Waals surface area contributed by atoms with Crippen LogP contribution in [0, 0.1) is 0 Å². The first-order valence-electron chi connectivity index (χ1n) is 13.9. The number of nitrogens with one attached hydrogen (secondary N) is 1. The number of fused-ring (bicyclic) bond motifs is 1. The molecule has 39 heavy (non-hydrogen) atoms. The van der Waals surface area contributed by atoms with E-state index in [1.165, 1.54) is 5.56 Å². The lowest BCUT2D eigenvalue weighted by molar-refractivity contribution is -0.118. The smallest absolute Gasteiger partial charge is 0.226 e. The van der Waals surface area contributed by atoms with Gasteiger partial charge in [0.2, 0.25) is 11.7 Å². The van der Waals surface area contributed by atoms with Crippen molar-refractivity contribution in [3.05, 3.63) is 78.1 Å². The topological polar surface area (TPSA) is 92.6 Å². The normalized spacial score (nSPS) is 14.2. The molecule has 0 radical (unpaired) electrons. The molecule has 1 aliphatic rings. The minimum atomic E-state index is 0.223. The Morgan fingerprint density at radius 1 is 0.949 bits per heavy atom. The van der Waals surface area contributed by atoms with E-state index in [9.17, 15) is 4.79 Å². The number of imidazole rings is 1. The first-order valence-corrected chi connectivity index (χ1v) is 13.9. The van der Waals surface area contributed by atoms with Crippen LogP contribution in [0.5, 0.6) is 0 Å². The standard InChI is InChI=1S/C31H33N7O/c1-2-3-11-29-32-27-18-17-24(37-19-8-4-5-12-30(37)39)20-28(27)38(29)21-22-13-15-23(16-14-22)25-9-6-7-10-26(25)31-33-35-36-34-31/h6-7,9-10,13-18,20H,2-5,8,11-12,19,21H2,1H3,(H,33,34,35,36). The lowest BCUT2D eigenvalue weighted by atomic mass is 9.98. The molecule has 1 amide bonds. The van der Waals surface area contributed by atoms with Gasteiger partial charge in [0, 0.05) is 37.2 Å². The summed E-state index contributed by atoms with van der Waals surface area (Å²) in [6, 6.07) is 23.1. The second-order valence-corrected chi connectivity index (χ2v) is 10.2. The van der Waals surface area contributed by atoms with E-state index in [1.807, 2.05) is 23.1 Å². The monoisotopic (exact) mass is 519 g/mol. The van der Waals surface area contributed by atoms with Crippen LogP contribution in [0.1, 0.15) is 56.8 Å². The Hall–Kier alpha value is -4.33. The zero-order valence-electron chi connectivity index (χ0n) is 22.3. The summed E-state index contributed by atoms with van der Waals surface area (Å²) in [6.07, 6.45) is 6.90. The summed E-state index contributed by atoms with van der Waals surface area (Å²) < 4.78 is 2.33. The Balaban J connectivity index is 1.33. The molecule has 2 aromatic heterocycles. The minimum absolute atomic E-state index is 0.223. The molecule has 0 aliphatic carbocycles. The number of rotatable bonds is 8. The van der Waals surface area contributed by atoms with E-state index in [0.717, 1.165) is 90.8 Å². The van der Waals surface area contributed by atoms with Crippen molar-refractivity contribution in [2.45, 2.75) is 58.4 Å². The quantitative estimate of drug-likeness (QED) is 0.264. The first-order chi connectivity index (χ1) is 19.2. The van der Waals surface area contributed by atoms with Crippen molar-refractivity contribution >= 4 is 22.6 Å². The van der Waals surface area contributed by atoms with Crippen LogP contribution in [-0.2, 0) is 17.8 Å². The van der Waals surface area contributed by atoms with Crippen LogP contribution in [0.4, 0.5) is 5.69 Å². The van der Waals surface area contributed by atoms with Gasteiger partial charge in [-0.25, -0.2) is 4.98 Å². The van der Waals surface area contributed by atoms with Crippen molar-refractivity contribution in [1.29, 1.82) is 0 Å². The van der Waals surface area contributed by atoms with Crippen LogP contribution in [0.2, 0.25) is 0 Å². The van der Waals surface area contributed by atoms with E-state index in [1.54, 1.807) is 0 Å². The summed E-state index contributed by atoms with van der Waals surface area (Å²) in [7, 11) is 0. The number of aryl methyl sites for hydroxylation is 1. The van der Waals surface area contributed by atoms with Gasteiger partial charge in [0.05, 0.1) is 11.0 Å². The molecule has 1 N–H and O–H groups in total. The third-order valence-corrected chi connectivity index (χ3v) is 7.57. The van der Waals surface area contributed by atoms with E-state index in [-0.39, 0.29) is 5.91 Å². The molecular weight excluding hydrogens is 486 g/mol. The predicted molar refractivity (Wildman–Crippen MR) is 153 cm³/mol. The number of unbranched alkanes of at least 4 members (excludes halogenated alkanes) is 1. The average molecular weight is 520 g/mol. The fourth-order valence-electron chi connectivity index (χ4n) is 5.46. The molecule has 8 heteroatoms. The number of tetrazole rings is 1. The molecule has 0 atom stereocenters. The van der Waals surface area contributed by atoms with Crippen molar-refractivity contribution < 1.29 is 4.79 Å². The average Bonchev–Trinajstić information content (AvgIpc) is 3.57. The van der Waals surface area contributed by atoms with E-state index in [2.05, 4.69) is 80.6 Å². The van der Waals surface area contributed by atoms with Gasteiger partial charge < -0.3 is 9.47 Å². The Morgan fingerprint density at radius 2 is 1.79 bits per heavy atom. The van der Waals surface area contributed by atoms with E-state index in [4.69, 9.17) is 4.98 Å². The molecule has 3 heterocycles. The maximum Gasteiger partial charge on any atom is 0.226 e. The fourth-order valence-corrected chi connectivity index (χ4v) is 5.46. The maximum absolute atomic E-state index is 12.8. The number of carbonyl (C=O) groups excluding carboxylic acids is 1. The number of H-pyrrole nitrogens is 1. The lowest BCUT2D eigenvalue weighted by Gasteiger charge is -2.21. The fraction of sp³-hybridized carbons (Fsp3) is 0.323. The molecule has 1 saturated heterocycles. The van der Waals surface area contributed by atoms with Crippen LogP contribution in [-0.4, -0.2) is 42.6 Å². The summed E-state index contributed by atoms with van der Waals surface area (Å²) >= 11 is 0. The van der Waals surface area contributed by atoms with Gasteiger partial charge in [0.15, 0.2) is 0 Å². The van der Waals surface area contributed by atoms with Gasteiger partial charge in [-0.05, 0) is 59.4 Å². The summed E-state index contributed by atoms with van der Waals surface area (Å²) in [5.74, 6) is 1.90. The van der Waals surface area contributed by atoms with Crippen LogP contribution in [0.15, 0.2) is 66.7 Å². The number of anilines is 1. The van der Waals surface area contributed by atoms with Gasteiger partial charge in [0.25, 0.3) is 0 Å². The van der Waals surface area contributed by atoms with Gasteiger partial charge in [-0.2, -0.15) is 5.21 Å². The number of aromatic nitrogens is 6. The Kier molecular flexibility index (Phi) is 7.17. The second kappa shape index (κ2) is 11.2. The number of aromatic amines is 1. The second-order valence-electron chi connectivity index (χ2n) is 10.2. The highest BCUT2D eigenvalue weighted by molar-refractivity contribution is 5.95. The van der Waals surface area contributed by atoms with Crippen molar-refractivity contribution in [2.75, 3.05) is 11.4 Å². The van der Waals surface area contributed by atoms with Crippen LogP contribution in [0.3, 0.4) is 0 Å². The lowest BCUT2D eigenvalue weighted by Crippen LogP contribution is -2.29. The first kappa shape index (κ1) is 25.0. The minimum Gasteiger partial charge on any atom is -0.323 e. The number of hydrogen-bond donors (Lipinski definition) is 1. The predicted octanol–water partition coefficient (Wildman–Crippen LogP) is 6.18. The van der Waals surface area contributed by atoms with Crippen molar-refractivity contribution in [3.8, 4) is 22.5 Å². The molecule has 1 fully saturated rings. The van der Waals surface area contributed by atoms with E-state index < -0.39 is 0 Å². The molecule has 0 saturated carbocycles. The van der Waals surface area contributed by atoms with Gasteiger partial charge in [-0.3, -0.25) is 4.79 Å². The molecule has 8 nitrogen and oxygen atoms in total. The number of carbonyl (C=O) groups is 1. The SMILES string of the molecule is CCCCc1nc2ccc(N3CCCCCC3=O)cc2n1Cc1ccc(-c2ccccc2-c2nn[nH]n2)cc1. The number of nitrogens with zero attached hydrogens (tertiary/aromatic N) is 6. The van der Waals surface area contributed by atoms with Crippen molar-refractivity contribution in [1.82, 2.24) is 30.2 Å². The molecule has 1 aliphatic heterocycles. The zero-order valence-corrected chi connectivity index (χ0v) is 22.3. The number of amides is 1. The number of hydrogen-bond acceptors (Lipinski definition) is 5. The van der Waals surface area contributed by atoms with Gasteiger partial charge >= 0.3 is 0 Å². The van der Waals surface area contributed by atoms with Gasteiger partial charge in [0.1, 0.15) is 5.82 Å². The molecule has 198 valence electrons. The Bertz CT molecular complexity index is 1570. The largest absolute Gasteiger partial charge is 0.323 e. The summed E-state index contributed by atoms with van der Waals surface area (Å²) in [5.41, 5.74) is 7.35. The third-order valence-electron chi connectivity index (χ3n) is 7.57. The Labute approximate surface area is 228 Å². The number of benzene rings is 3.